The lowest BCUT2D eigenvalue weighted by atomic mass is 9.86. The van der Waals surface area contributed by atoms with Crippen LogP contribution in [0.3, 0.4) is 0 Å². The number of carboxylic acid groups (broad SMARTS) is 1. The van der Waals surface area contributed by atoms with Gasteiger partial charge in [-0.2, -0.15) is 0 Å². The van der Waals surface area contributed by atoms with Crippen LogP contribution in [0.4, 0.5) is 0 Å². The molecule has 2 atom stereocenters. The minimum Gasteiger partial charge on any atom is -0.480 e. The van der Waals surface area contributed by atoms with Crippen LogP contribution in [0.5, 0.6) is 0 Å². The first kappa shape index (κ1) is 13.7. The van der Waals surface area contributed by atoms with Crippen LogP contribution in [0.2, 0.25) is 0 Å². The number of aliphatic carboxylic acids is 1. The van der Waals surface area contributed by atoms with E-state index in [0.717, 1.165) is 6.42 Å². The summed E-state index contributed by atoms with van der Waals surface area (Å²) in [5.74, 6) is -0.699. The Balaban J connectivity index is 2.93. The van der Waals surface area contributed by atoms with Crippen molar-refractivity contribution >= 4 is 5.97 Å². The molecule has 0 fully saturated rings. The highest BCUT2D eigenvalue weighted by Crippen LogP contribution is 2.28. The number of hydrogen-bond donors (Lipinski definition) is 2. The van der Waals surface area contributed by atoms with Gasteiger partial charge >= 0.3 is 5.97 Å². The average molecular weight is 235 g/mol. The lowest BCUT2D eigenvalue weighted by Crippen LogP contribution is -2.31. The second-order valence-corrected chi connectivity index (χ2v) is 4.65. The van der Waals surface area contributed by atoms with Gasteiger partial charge in [0, 0.05) is 0 Å². The maximum Gasteiger partial charge on any atom is 0.320 e. The predicted octanol–water partition coefficient (Wildman–Crippen LogP) is 2.60. The van der Waals surface area contributed by atoms with Crippen LogP contribution in [-0.4, -0.2) is 17.1 Å². The van der Waals surface area contributed by atoms with E-state index in [4.69, 9.17) is 10.8 Å². The van der Waals surface area contributed by atoms with E-state index >= 15 is 0 Å². The number of benzene rings is 1. The topological polar surface area (TPSA) is 63.3 Å². The molecule has 0 radical (unpaired) electrons. The van der Waals surface area contributed by atoms with Crippen LogP contribution in [0.25, 0.3) is 0 Å². The van der Waals surface area contributed by atoms with Gasteiger partial charge in [0.2, 0.25) is 0 Å². The summed E-state index contributed by atoms with van der Waals surface area (Å²) in [6.45, 7) is 6.18. The summed E-state index contributed by atoms with van der Waals surface area (Å²) in [5.41, 5.74) is 9.26. The minimum absolute atomic E-state index is 0.223. The molecule has 94 valence electrons. The maximum absolute atomic E-state index is 10.8. The van der Waals surface area contributed by atoms with Gasteiger partial charge in [0.05, 0.1) is 0 Å². The molecule has 0 spiro atoms. The van der Waals surface area contributed by atoms with Crippen LogP contribution in [0.1, 0.15) is 42.4 Å². The van der Waals surface area contributed by atoms with Gasteiger partial charge in [0.1, 0.15) is 6.04 Å². The van der Waals surface area contributed by atoms with Crippen LogP contribution in [0, 0.1) is 13.8 Å². The van der Waals surface area contributed by atoms with E-state index in [9.17, 15) is 4.79 Å². The molecule has 0 heterocycles. The molecule has 0 aliphatic rings. The molecule has 17 heavy (non-hydrogen) atoms. The predicted molar refractivity (Wildman–Crippen MR) is 69.2 cm³/mol. The fraction of sp³-hybridized carbons (Fsp3) is 0.500. The SMILES string of the molecule is CCC(CC(N)C(=O)O)c1cc(C)ccc1C. The summed E-state index contributed by atoms with van der Waals surface area (Å²) in [4.78, 5) is 10.8. The molecular formula is C14H21NO2. The van der Waals surface area contributed by atoms with Crippen molar-refractivity contribution in [2.45, 2.75) is 45.6 Å². The second kappa shape index (κ2) is 5.82. The van der Waals surface area contributed by atoms with E-state index < -0.39 is 12.0 Å². The highest BCUT2D eigenvalue weighted by atomic mass is 16.4. The summed E-state index contributed by atoms with van der Waals surface area (Å²) in [7, 11) is 0. The van der Waals surface area contributed by atoms with E-state index in [0.29, 0.717) is 6.42 Å². The van der Waals surface area contributed by atoms with Crippen molar-refractivity contribution < 1.29 is 9.90 Å². The van der Waals surface area contributed by atoms with Gasteiger partial charge in [-0.1, -0.05) is 30.7 Å². The Morgan fingerprint density at radius 2 is 2.06 bits per heavy atom. The minimum atomic E-state index is -0.922. The first-order valence-corrected chi connectivity index (χ1v) is 6.01. The molecule has 3 nitrogen and oxygen atoms in total. The van der Waals surface area contributed by atoms with E-state index in [1.807, 2.05) is 6.92 Å². The zero-order valence-electron chi connectivity index (χ0n) is 10.7. The monoisotopic (exact) mass is 235 g/mol. The van der Waals surface area contributed by atoms with Crippen molar-refractivity contribution in [2.24, 2.45) is 5.73 Å². The molecule has 0 bridgehead atoms. The molecule has 0 saturated carbocycles. The molecule has 0 aliphatic heterocycles. The van der Waals surface area contributed by atoms with Crippen molar-refractivity contribution in [3.05, 3.63) is 34.9 Å². The van der Waals surface area contributed by atoms with Gasteiger partial charge in [0.25, 0.3) is 0 Å². The Hall–Kier alpha value is -1.35. The molecule has 0 saturated heterocycles. The van der Waals surface area contributed by atoms with Gasteiger partial charge < -0.3 is 10.8 Å². The Labute approximate surface area is 103 Å². The number of rotatable bonds is 5. The van der Waals surface area contributed by atoms with Crippen LogP contribution < -0.4 is 5.73 Å². The molecule has 0 aliphatic carbocycles. The first-order valence-electron chi connectivity index (χ1n) is 6.01. The summed E-state index contributed by atoms with van der Waals surface area (Å²) >= 11 is 0. The zero-order chi connectivity index (χ0) is 13.0. The quantitative estimate of drug-likeness (QED) is 0.824. The van der Waals surface area contributed by atoms with Gasteiger partial charge in [-0.25, -0.2) is 0 Å². The number of carboxylic acids is 1. The number of hydrogen-bond acceptors (Lipinski definition) is 2. The smallest absolute Gasteiger partial charge is 0.320 e. The number of nitrogens with two attached hydrogens (primary N) is 1. The summed E-state index contributed by atoms with van der Waals surface area (Å²) in [6.07, 6.45) is 1.40. The fourth-order valence-electron chi connectivity index (χ4n) is 2.12. The summed E-state index contributed by atoms with van der Waals surface area (Å²) in [5, 5.41) is 8.87. The van der Waals surface area contributed by atoms with Crippen molar-refractivity contribution in [2.75, 3.05) is 0 Å². The number of carbonyl (C=O) groups is 1. The Kier molecular flexibility index (Phi) is 4.70. The Bertz CT molecular complexity index is 401. The van der Waals surface area contributed by atoms with Crippen molar-refractivity contribution in [1.29, 1.82) is 0 Å². The largest absolute Gasteiger partial charge is 0.480 e. The number of aryl methyl sites for hydroxylation is 2. The fourth-order valence-corrected chi connectivity index (χ4v) is 2.12. The third-order valence-corrected chi connectivity index (χ3v) is 3.22. The van der Waals surface area contributed by atoms with Gasteiger partial charge in [-0.05, 0) is 43.7 Å². The van der Waals surface area contributed by atoms with E-state index in [1.54, 1.807) is 0 Å². The van der Waals surface area contributed by atoms with Gasteiger partial charge in [-0.15, -0.1) is 0 Å². The van der Waals surface area contributed by atoms with Gasteiger partial charge in [0.15, 0.2) is 0 Å². The maximum atomic E-state index is 10.8. The normalized spacial score (nSPS) is 14.4. The molecule has 2 unspecified atom stereocenters. The molecular weight excluding hydrogens is 214 g/mol. The van der Waals surface area contributed by atoms with E-state index in [2.05, 4.69) is 32.0 Å². The average Bonchev–Trinajstić information content (AvgIpc) is 2.29. The first-order chi connectivity index (χ1) is 7.95. The molecule has 1 aromatic rings. The molecule has 1 rings (SSSR count). The lowest BCUT2D eigenvalue weighted by molar-refractivity contribution is -0.138. The standard InChI is InChI=1S/C14H21NO2/c1-4-11(8-13(15)14(16)17)12-7-9(2)5-6-10(12)3/h5-7,11,13H,4,8,15H2,1-3H3,(H,16,17). The Morgan fingerprint density at radius 1 is 1.41 bits per heavy atom. The molecule has 0 aromatic heterocycles. The van der Waals surface area contributed by atoms with Crippen molar-refractivity contribution in [1.82, 2.24) is 0 Å². The molecule has 3 heteroatoms. The molecule has 3 N–H and O–H groups in total. The third-order valence-electron chi connectivity index (χ3n) is 3.22. The molecule has 0 amide bonds. The highest BCUT2D eigenvalue weighted by molar-refractivity contribution is 5.73. The van der Waals surface area contributed by atoms with Gasteiger partial charge in [-0.3, -0.25) is 4.79 Å². The molecule has 1 aromatic carbocycles. The van der Waals surface area contributed by atoms with E-state index in [1.165, 1.54) is 16.7 Å². The lowest BCUT2D eigenvalue weighted by Gasteiger charge is -2.20. The van der Waals surface area contributed by atoms with Crippen molar-refractivity contribution in [3.8, 4) is 0 Å². The van der Waals surface area contributed by atoms with E-state index in [-0.39, 0.29) is 5.92 Å². The zero-order valence-corrected chi connectivity index (χ0v) is 10.7. The van der Waals surface area contributed by atoms with Crippen LogP contribution in [0.15, 0.2) is 18.2 Å². The summed E-state index contributed by atoms with van der Waals surface area (Å²) in [6, 6.07) is 5.51. The van der Waals surface area contributed by atoms with Crippen LogP contribution in [-0.2, 0) is 4.79 Å². The van der Waals surface area contributed by atoms with Crippen molar-refractivity contribution in [3.63, 3.8) is 0 Å². The highest BCUT2D eigenvalue weighted by Gasteiger charge is 2.20. The Morgan fingerprint density at radius 3 is 2.59 bits per heavy atom. The second-order valence-electron chi connectivity index (χ2n) is 4.65. The van der Waals surface area contributed by atoms with Crippen LogP contribution >= 0.6 is 0 Å². The summed E-state index contributed by atoms with van der Waals surface area (Å²) < 4.78 is 0. The third kappa shape index (κ3) is 3.56.